The molecule has 7 heteroatoms. The van der Waals surface area contributed by atoms with E-state index in [9.17, 15) is 14.4 Å². The molecule has 1 rings (SSSR count). The maximum absolute atomic E-state index is 12.1. The SMILES string of the molecule is CNC(=O)CN(C)C(=O)N1CCCCC1C(=O)O. The summed E-state index contributed by atoms with van der Waals surface area (Å²) in [6.45, 7) is 0.353. The number of likely N-dealkylation sites (N-methyl/N-ethyl adjacent to an activating group) is 2. The van der Waals surface area contributed by atoms with E-state index in [-0.39, 0.29) is 12.5 Å². The summed E-state index contributed by atoms with van der Waals surface area (Å²) in [7, 11) is 2.98. The number of rotatable bonds is 3. The molecule has 1 fully saturated rings. The summed E-state index contributed by atoms with van der Waals surface area (Å²) < 4.78 is 0. The Kier molecular flexibility index (Phi) is 4.94. The molecule has 2 N–H and O–H groups in total. The van der Waals surface area contributed by atoms with E-state index in [1.165, 1.54) is 23.9 Å². The molecular weight excluding hydrogens is 238 g/mol. The lowest BCUT2D eigenvalue weighted by atomic mass is 10.0. The molecule has 1 atom stereocenters. The number of amides is 3. The number of urea groups is 1. The van der Waals surface area contributed by atoms with E-state index in [2.05, 4.69) is 5.32 Å². The minimum atomic E-state index is -0.989. The van der Waals surface area contributed by atoms with E-state index >= 15 is 0 Å². The number of nitrogens with one attached hydrogen (secondary N) is 1. The van der Waals surface area contributed by atoms with Gasteiger partial charge in [-0.1, -0.05) is 0 Å². The van der Waals surface area contributed by atoms with Gasteiger partial charge in [-0.2, -0.15) is 0 Å². The minimum Gasteiger partial charge on any atom is -0.480 e. The highest BCUT2D eigenvalue weighted by Crippen LogP contribution is 2.18. The van der Waals surface area contributed by atoms with Gasteiger partial charge in [-0.3, -0.25) is 4.79 Å². The molecule has 0 saturated carbocycles. The first-order chi connectivity index (χ1) is 8.47. The average molecular weight is 257 g/mol. The first kappa shape index (κ1) is 14.3. The van der Waals surface area contributed by atoms with Gasteiger partial charge in [-0.25, -0.2) is 9.59 Å². The predicted octanol–water partition coefficient (Wildman–Crippen LogP) is -0.277. The molecule has 0 radical (unpaired) electrons. The fourth-order valence-electron chi connectivity index (χ4n) is 2.00. The summed E-state index contributed by atoms with van der Waals surface area (Å²) in [6.07, 6.45) is 2.07. The number of hydrogen-bond donors (Lipinski definition) is 2. The molecular formula is C11H19N3O4. The van der Waals surface area contributed by atoms with Crippen molar-refractivity contribution >= 4 is 17.9 Å². The number of aliphatic carboxylic acids is 1. The van der Waals surface area contributed by atoms with Crippen LogP contribution >= 0.6 is 0 Å². The Bertz CT molecular complexity index is 345. The highest BCUT2D eigenvalue weighted by Gasteiger charge is 2.33. The maximum Gasteiger partial charge on any atom is 0.326 e. The Hall–Kier alpha value is -1.79. The van der Waals surface area contributed by atoms with Crippen LogP contribution in [0.4, 0.5) is 4.79 Å². The molecule has 102 valence electrons. The van der Waals surface area contributed by atoms with Gasteiger partial charge >= 0.3 is 12.0 Å². The Morgan fingerprint density at radius 3 is 2.61 bits per heavy atom. The maximum atomic E-state index is 12.1. The number of hydrogen-bond acceptors (Lipinski definition) is 3. The standard InChI is InChI=1S/C11H19N3O4/c1-12-9(15)7-13(2)11(18)14-6-4-3-5-8(14)10(16)17/h8H,3-7H2,1-2H3,(H,12,15)(H,16,17). The monoisotopic (exact) mass is 257 g/mol. The fourth-order valence-corrected chi connectivity index (χ4v) is 2.00. The molecule has 3 amide bonds. The first-order valence-corrected chi connectivity index (χ1v) is 5.92. The second-order valence-electron chi connectivity index (χ2n) is 4.36. The van der Waals surface area contributed by atoms with Crippen molar-refractivity contribution in [3.63, 3.8) is 0 Å². The van der Waals surface area contributed by atoms with E-state index in [1.54, 1.807) is 0 Å². The van der Waals surface area contributed by atoms with Crippen molar-refractivity contribution < 1.29 is 19.5 Å². The number of carbonyl (C=O) groups excluding carboxylic acids is 2. The van der Waals surface area contributed by atoms with Gasteiger partial charge in [0.1, 0.15) is 12.6 Å². The van der Waals surface area contributed by atoms with Crippen LogP contribution in [0.15, 0.2) is 0 Å². The van der Waals surface area contributed by atoms with Gasteiger partial charge < -0.3 is 20.2 Å². The summed E-state index contributed by atoms with van der Waals surface area (Å²) in [4.78, 5) is 36.9. The molecule has 7 nitrogen and oxygen atoms in total. The summed E-state index contributed by atoms with van der Waals surface area (Å²) in [6, 6.07) is -1.19. The second-order valence-corrected chi connectivity index (χ2v) is 4.36. The lowest BCUT2D eigenvalue weighted by Gasteiger charge is -2.35. The summed E-state index contributed by atoms with van der Waals surface area (Å²) in [5.74, 6) is -1.27. The molecule has 18 heavy (non-hydrogen) atoms. The van der Waals surface area contributed by atoms with Crippen molar-refractivity contribution in [2.45, 2.75) is 25.3 Å². The molecule has 1 unspecified atom stereocenters. The van der Waals surface area contributed by atoms with E-state index in [0.29, 0.717) is 13.0 Å². The normalized spacial score (nSPS) is 19.2. The topological polar surface area (TPSA) is 90.0 Å². The van der Waals surface area contributed by atoms with Crippen molar-refractivity contribution in [1.29, 1.82) is 0 Å². The van der Waals surface area contributed by atoms with E-state index in [0.717, 1.165) is 12.8 Å². The van der Waals surface area contributed by atoms with E-state index < -0.39 is 18.0 Å². The predicted molar refractivity (Wildman–Crippen MR) is 64.1 cm³/mol. The summed E-state index contributed by atoms with van der Waals surface area (Å²) in [5.41, 5.74) is 0. The van der Waals surface area contributed by atoms with Crippen molar-refractivity contribution in [2.24, 2.45) is 0 Å². The zero-order valence-corrected chi connectivity index (χ0v) is 10.7. The first-order valence-electron chi connectivity index (χ1n) is 5.92. The zero-order valence-electron chi connectivity index (χ0n) is 10.7. The fraction of sp³-hybridized carbons (Fsp3) is 0.727. The van der Waals surface area contributed by atoms with Crippen molar-refractivity contribution in [3.05, 3.63) is 0 Å². The second kappa shape index (κ2) is 6.23. The minimum absolute atomic E-state index is 0.0713. The molecule has 0 aliphatic carbocycles. The highest BCUT2D eigenvalue weighted by atomic mass is 16.4. The Morgan fingerprint density at radius 2 is 2.06 bits per heavy atom. The third kappa shape index (κ3) is 3.35. The molecule has 1 heterocycles. The molecule has 1 aliphatic rings. The molecule has 1 aliphatic heterocycles. The van der Waals surface area contributed by atoms with E-state index in [4.69, 9.17) is 5.11 Å². The van der Waals surface area contributed by atoms with Gasteiger partial charge in [0.25, 0.3) is 0 Å². The van der Waals surface area contributed by atoms with Crippen LogP contribution in [-0.4, -0.2) is 66.0 Å². The van der Waals surface area contributed by atoms with Crippen molar-refractivity contribution in [1.82, 2.24) is 15.1 Å². The van der Waals surface area contributed by atoms with Gasteiger partial charge in [0, 0.05) is 20.6 Å². The Labute approximate surface area is 106 Å². The van der Waals surface area contributed by atoms with Gasteiger partial charge in [0.2, 0.25) is 5.91 Å². The average Bonchev–Trinajstić information content (AvgIpc) is 2.37. The highest BCUT2D eigenvalue weighted by molar-refractivity contribution is 5.86. The lowest BCUT2D eigenvalue weighted by molar-refractivity contribution is -0.143. The van der Waals surface area contributed by atoms with Gasteiger partial charge in [0.05, 0.1) is 0 Å². The van der Waals surface area contributed by atoms with Crippen LogP contribution in [0.5, 0.6) is 0 Å². The molecule has 0 aromatic heterocycles. The number of carboxylic acid groups (broad SMARTS) is 1. The molecule has 0 bridgehead atoms. The smallest absolute Gasteiger partial charge is 0.326 e. The molecule has 0 aromatic carbocycles. The van der Waals surface area contributed by atoms with Crippen LogP contribution in [0.2, 0.25) is 0 Å². The largest absolute Gasteiger partial charge is 0.480 e. The molecule has 0 aromatic rings. The van der Waals surface area contributed by atoms with E-state index in [1.807, 2.05) is 0 Å². The molecule has 1 saturated heterocycles. The number of piperidine rings is 1. The number of likely N-dealkylation sites (tertiary alicyclic amines) is 1. The van der Waals surface area contributed by atoms with Crippen LogP contribution in [0.3, 0.4) is 0 Å². The zero-order chi connectivity index (χ0) is 13.7. The third-order valence-electron chi connectivity index (χ3n) is 3.02. The van der Waals surface area contributed by atoms with Crippen molar-refractivity contribution in [3.8, 4) is 0 Å². The van der Waals surface area contributed by atoms with Gasteiger partial charge in [-0.05, 0) is 19.3 Å². The summed E-state index contributed by atoms with van der Waals surface area (Å²) >= 11 is 0. The lowest BCUT2D eigenvalue weighted by Crippen LogP contribution is -2.53. The summed E-state index contributed by atoms with van der Waals surface area (Å²) in [5, 5.41) is 11.5. The van der Waals surface area contributed by atoms with Crippen LogP contribution in [0.25, 0.3) is 0 Å². The Balaban J connectivity index is 2.68. The van der Waals surface area contributed by atoms with Crippen LogP contribution in [-0.2, 0) is 9.59 Å². The Morgan fingerprint density at radius 1 is 1.39 bits per heavy atom. The number of carboxylic acids is 1. The number of nitrogens with zero attached hydrogens (tertiary/aromatic N) is 2. The third-order valence-corrected chi connectivity index (χ3v) is 3.02. The quantitative estimate of drug-likeness (QED) is 0.728. The van der Waals surface area contributed by atoms with Gasteiger partial charge in [-0.15, -0.1) is 0 Å². The van der Waals surface area contributed by atoms with Crippen molar-refractivity contribution in [2.75, 3.05) is 27.2 Å². The molecule has 0 spiro atoms. The van der Waals surface area contributed by atoms with Crippen LogP contribution in [0, 0.1) is 0 Å². The number of carbonyl (C=O) groups is 3. The van der Waals surface area contributed by atoms with Crippen LogP contribution < -0.4 is 5.32 Å². The van der Waals surface area contributed by atoms with Crippen LogP contribution in [0.1, 0.15) is 19.3 Å². The van der Waals surface area contributed by atoms with Gasteiger partial charge in [0.15, 0.2) is 0 Å².